The molecule has 2 aromatic carbocycles. The smallest absolute Gasteiger partial charge is 0.308 e. The van der Waals surface area contributed by atoms with E-state index in [0.29, 0.717) is 43.8 Å². The summed E-state index contributed by atoms with van der Waals surface area (Å²) in [6.45, 7) is 1.68. The number of benzene rings is 2. The van der Waals surface area contributed by atoms with E-state index in [1.54, 1.807) is 16.7 Å². The SMILES string of the molecule is COC(=O)C1CCN(C(=O)c2ccc([C@@H]3SCC(=O)N3Cc3ccccc3)cc2)CC1. The Kier molecular flexibility index (Phi) is 6.61. The molecule has 6 nitrogen and oxygen atoms in total. The number of likely N-dealkylation sites (tertiary alicyclic amines) is 1. The number of methoxy groups -OCH3 is 1. The van der Waals surface area contributed by atoms with Crippen molar-refractivity contribution in [2.75, 3.05) is 26.0 Å². The quantitative estimate of drug-likeness (QED) is 0.669. The fourth-order valence-corrected chi connectivity index (χ4v) is 5.33. The molecule has 31 heavy (non-hydrogen) atoms. The molecule has 0 radical (unpaired) electrons. The summed E-state index contributed by atoms with van der Waals surface area (Å²) in [7, 11) is 1.40. The number of carbonyl (C=O) groups is 3. The second-order valence-electron chi connectivity index (χ2n) is 7.88. The minimum absolute atomic E-state index is 0.0221. The Hall–Kier alpha value is -2.80. The lowest BCUT2D eigenvalue weighted by atomic mass is 9.96. The van der Waals surface area contributed by atoms with Gasteiger partial charge in [0.15, 0.2) is 0 Å². The number of esters is 1. The van der Waals surface area contributed by atoms with E-state index in [1.807, 2.05) is 59.5 Å². The predicted molar refractivity (Wildman–Crippen MR) is 119 cm³/mol. The predicted octanol–water partition coefficient (Wildman–Crippen LogP) is 3.49. The second-order valence-corrected chi connectivity index (χ2v) is 8.95. The van der Waals surface area contributed by atoms with E-state index in [4.69, 9.17) is 4.74 Å². The number of amides is 2. The summed E-state index contributed by atoms with van der Waals surface area (Å²) in [5, 5.41) is -0.0485. The van der Waals surface area contributed by atoms with E-state index < -0.39 is 0 Å². The van der Waals surface area contributed by atoms with Crippen LogP contribution in [0.25, 0.3) is 0 Å². The minimum atomic E-state index is -0.194. The van der Waals surface area contributed by atoms with Crippen LogP contribution in [0.1, 0.15) is 39.7 Å². The molecule has 2 aliphatic heterocycles. The molecule has 0 aliphatic carbocycles. The van der Waals surface area contributed by atoms with Gasteiger partial charge in [-0.2, -0.15) is 0 Å². The van der Waals surface area contributed by atoms with Crippen molar-refractivity contribution in [2.24, 2.45) is 5.92 Å². The summed E-state index contributed by atoms with van der Waals surface area (Å²) in [4.78, 5) is 40.7. The van der Waals surface area contributed by atoms with Gasteiger partial charge >= 0.3 is 5.97 Å². The Morgan fingerprint density at radius 1 is 1.03 bits per heavy atom. The van der Waals surface area contributed by atoms with Crippen molar-refractivity contribution in [1.82, 2.24) is 9.80 Å². The third-order valence-electron chi connectivity index (χ3n) is 5.92. The van der Waals surface area contributed by atoms with Crippen LogP contribution in [0.4, 0.5) is 0 Å². The fourth-order valence-electron chi connectivity index (χ4n) is 4.14. The second kappa shape index (κ2) is 9.56. The van der Waals surface area contributed by atoms with Crippen LogP contribution in [0.5, 0.6) is 0 Å². The molecule has 0 aromatic heterocycles. The molecule has 2 fully saturated rings. The van der Waals surface area contributed by atoms with Crippen LogP contribution in [-0.2, 0) is 20.9 Å². The number of thioether (sulfide) groups is 1. The van der Waals surface area contributed by atoms with E-state index in [-0.39, 0.29) is 29.1 Å². The molecule has 1 atom stereocenters. The van der Waals surface area contributed by atoms with Crippen LogP contribution in [-0.4, -0.2) is 53.5 Å². The van der Waals surface area contributed by atoms with Crippen molar-refractivity contribution in [2.45, 2.75) is 24.8 Å². The number of hydrogen-bond acceptors (Lipinski definition) is 5. The Balaban J connectivity index is 1.41. The highest BCUT2D eigenvalue weighted by atomic mass is 32.2. The molecule has 0 spiro atoms. The molecule has 2 saturated heterocycles. The maximum atomic E-state index is 12.9. The standard InChI is InChI=1S/C24H26N2O4S/c1-30-24(29)20-11-13-25(14-12-20)22(28)18-7-9-19(10-8-18)23-26(21(27)16-31-23)15-17-5-3-2-4-6-17/h2-10,20,23H,11-16H2,1H3/t23-/m0/s1. The number of rotatable bonds is 5. The lowest BCUT2D eigenvalue weighted by molar-refractivity contribution is -0.146. The van der Waals surface area contributed by atoms with Crippen LogP contribution >= 0.6 is 11.8 Å². The first kappa shape index (κ1) is 21.4. The molecule has 2 aliphatic rings. The first-order chi connectivity index (χ1) is 15.1. The lowest BCUT2D eigenvalue weighted by Crippen LogP contribution is -2.40. The van der Waals surface area contributed by atoms with Gasteiger partial charge in [0.25, 0.3) is 5.91 Å². The van der Waals surface area contributed by atoms with Gasteiger partial charge in [-0.15, -0.1) is 11.8 Å². The van der Waals surface area contributed by atoms with Gasteiger partial charge in [0, 0.05) is 25.2 Å². The van der Waals surface area contributed by atoms with Crippen LogP contribution in [0.15, 0.2) is 54.6 Å². The molecular weight excluding hydrogens is 412 g/mol. The van der Waals surface area contributed by atoms with Gasteiger partial charge in [0.2, 0.25) is 5.91 Å². The van der Waals surface area contributed by atoms with Gasteiger partial charge in [0.1, 0.15) is 5.37 Å². The molecule has 2 aromatic rings. The van der Waals surface area contributed by atoms with Crippen molar-refractivity contribution in [3.63, 3.8) is 0 Å². The highest BCUT2D eigenvalue weighted by molar-refractivity contribution is 8.00. The monoisotopic (exact) mass is 438 g/mol. The zero-order chi connectivity index (χ0) is 21.8. The topological polar surface area (TPSA) is 66.9 Å². The van der Waals surface area contributed by atoms with Crippen LogP contribution < -0.4 is 0 Å². The number of nitrogens with zero attached hydrogens (tertiary/aromatic N) is 2. The van der Waals surface area contributed by atoms with Crippen LogP contribution in [0.2, 0.25) is 0 Å². The van der Waals surface area contributed by atoms with E-state index in [1.165, 1.54) is 7.11 Å². The van der Waals surface area contributed by atoms with Crippen LogP contribution in [0, 0.1) is 5.92 Å². The molecule has 2 amide bonds. The summed E-state index contributed by atoms with van der Waals surface area (Å²) >= 11 is 1.62. The summed E-state index contributed by atoms with van der Waals surface area (Å²) < 4.78 is 4.81. The molecule has 4 rings (SSSR count). The van der Waals surface area contributed by atoms with E-state index in [9.17, 15) is 14.4 Å². The van der Waals surface area contributed by atoms with Gasteiger partial charge in [-0.1, -0.05) is 42.5 Å². The molecule has 0 bridgehead atoms. The molecule has 0 unspecified atom stereocenters. The van der Waals surface area contributed by atoms with Gasteiger partial charge in [0.05, 0.1) is 18.8 Å². The summed E-state index contributed by atoms with van der Waals surface area (Å²) in [5.74, 6) is 0.260. The zero-order valence-electron chi connectivity index (χ0n) is 17.5. The van der Waals surface area contributed by atoms with Crippen molar-refractivity contribution < 1.29 is 19.1 Å². The molecule has 7 heteroatoms. The third-order valence-corrected chi connectivity index (χ3v) is 7.18. The van der Waals surface area contributed by atoms with Crippen molar-refractivity contribution >= 4 is 29.5 Å². The van der Waals surface area contributed by atoms with Crippen LogP contribution in [0.3, 0.4) is 0 Å². The zero-order valence-corrected chi connectivity index (χ0v) is 18.3. The molecule has 0 N–H and O–H groups in total. The highest BCUT2D eigenvalue weighted by Crippen LogP contribution is 2.39. The maximum absolute atomic E-state index is 12.9. The molecule has 162 valence electrons. The molecule has 2 heterocycles. The average molecular weight is 439 g/mol. The summed E-state index contributed by atoms with van der Waals surface area (Å²) in [5.41, 5.74) is 2.75. The van der Waals surface area contributed by atoms with Crippen molar-refractivity contribution in [1.29, 1.82) is 0 Å². The molecular formula is C24H26N2O4S. The summed E-state index contributed by atoms with van der Waals surface area (Å²) in [6, 6.07) is 17.6. The number of hydrogen-bond donors (Lipinski definition) is 0. The maximum Gasteiger partial charge on any atom is 0.308 e. The van der Waals surface area contributed by atoms with E-state index >= 15 is 0 Å². The highest BCUT2D eigenvalue weighted by Gasteiger charge is 2.33. The van der Waals surface area contributed by atoms with E-state index in [2.05, 4.69) is 0 Å². The number of ether oxygens (including phenoxy) is 1. The third kappa shape index (κ3) is 4.77. The van der Waals surface area contributed by atoms with Gasteiger partial charge < -0.3 is 14.5 Å². The average Bonchev–Trinajstić information content (AvgIpc) is 3.19. The number of carbonyl (C=O) groups excluding carboxylic acids is 3. The lowest BCUT2D eigenvalue weighted by Gasteiger charge is -2.31. The van der Waals surface area contributed by atoms with Gasteiger partial charge in [-0.3, -0.25) is 14.4 Å². The summed E-state index contributed by atoms with van der Waals surface area (Å²) in [6.07, 6.45) is 1.26. The Morgan fingerprint density at radius 3 is 2.35 bits per heavy atom. The minimum Gasteiger partial charge on any atom is -0.469 e. The van der Waals surface area contributed by atoms with Gasteiger partial charge in [-0.05, 0) is 36.1 Å². The number of piperidine rings is 1. The Bertz CT molecular complexity index is 940. The van der Waals surface area contributed by atoms with Crippen molar-refractivity contribution in [3.05, 3.63) is 71.3 Å². The normalized spacial score (nSPS) is 19.5. The van der Waals surface area contributed by atoms with Gasteiger partial charge in [-0.25, -0.2) is 0 Å². The molecule has 0 saturated carbocycles. The fraction of sp³-hybridized carbons (Fsp3) is 0.375. The van der Waals surface area contributed by atoms with E-state index in [0.717, 1.165) is 11.1 Å². The van der Waals surface area contributed by atoms with Crippen molar-refractivity contribution in [3.8, 4) is 0 Å². The first-order valence-corrected chi connectivity index (χ1v) is 11.5. The first-order valence-electron chi connectivity index (χ1n) is 10.5. The largest absolute Gasteiger partial charge is 0.469 e. The Morgan fingerprint density at radius 2 is 1.71 bits per heavy atom. The Labute approximate surface area is 186 Å².